The van der Waals surface area contributed by atoms with Gasteiger partial charge >= 0.3 is 0 Å². The van der Waals surface area contributed by atoms with Gasteiger partial charge in [0.25, 0.3) is 0 Å². The number of aromatic nitrogens is 3. The summed E-state index contributed by atoms with van der Waals surface area (Å²) >= 11 is 0. The Morgan fingerprint density at radius 2 is 2.00 bits per heavy atom. The third kappa shape index (κ3) is 3.93. The molecule has 0 radical (unpaired) electrons. The van der Waals surface area contributed by atoms with Gasteiger partial charge in [0.2, 0.25) is 5.91 Å². The number of amides is 1. The number of benzene rings is 1. The van der Waals surface area contributed by atoms with E-state index < -0.39 is 0 Å². The molecule has 1 atom stereocenters. The highest BCUT2D eigenvalue weighted by molar-refractivity contribution is 5.79. The van der Waals surface area contributed by atoms with Gasteiger partial charge in [-0.3, -0.25) is 9.89 Å². The van der Waals surface area contributed by atoms with Gasteiger partial charge < -0.3 is 5.32 Å². The zero-order valence-corrected chi connectivity index (χ0v) is 13.9. The summed E-state index contributed by atoms with van der Waals surface area (Å²) in [6.07, 6.45) is 0.375. The first-order valence-corrected chi connectivity index (χ1v) is 7.61. The summed E-state index contributed by atoms with van der Waals surface area (Å²) < 4.78 is 0. The molecule has 22 heavy (non-hydrogen) atoms. The molecule has 0 aliphatic rings. The maximum Gasteiger partial charge on any atom is 0.225 e. The molecule has 2 aromatic rings. The zero-order valence-electron chi connectivity index (χ0n) is 13.9. The van der Waals surface area contributed by atoms with Gasteiger partial charge in [0, 0.05) is 0 Å². The summed E-state index contributed by atoms with van der Waals surface area (Å²) in [5.41, 5.74) is 3.36. The van der Waals surface area contributed by atoms with E-state index in [9.17, 15) is 4.79 Å². The molecule has 0 spiro atoms. The fourth-order valence-corrected chi connectivity index (χ4v) is 2.42. The molecule has 1 heterocycles. The standard InChI is InChI=1S/C17H24N4O/c1-10(2)16(17-18-13(5)20-21-17)19-15(22)9-14-8-11(3)6-7-12(14)4/h6-8,10,16H,9H2,1-5H3,(H,19,22)(H,18,20,21)/t16-/m1/s1. The van der Waals surface area contributed by atoms with Gasteiger partial charge in [-0.25, -0.2) is 4.98 Å². The molecule has 0 aliphatic carbocycles. The van der Waals surface area contributed by atoms with Gasteiger partial charge in [-0.1, -0.05) is 37.6 Å². The lowest BCUT2D eigenvalue weighted by Gasteiger charge is -2.19. The molecule has 0 aliphatic heterocycles. The molecule has 5 heteroatoms. The zero-order chi connectivity index (χ0) is 16.3. The van der Waals surface area contributed by atoms with Crippen molar-refractivity contribution in [1.29, 1.82) is 0 Å². The largest absolute Gasteiger partial charge is 0.345 e. The second kappa shape index (κ2) is 6.73. The molecule has 118 valence electrons. The van der Waals surface area contributed by atoms with Crippen LogP contribution in [0.3, 0.4) is 0 Å². The van der Waals surface area contributed by atoms with E-state index >= 15 is 0 Å². The fourth-order valence-electron chi connectivity index (χ4n) is 2.42. The first kappa shape index (κ1) is 16.2. The van der Waals surface area contributed by atoms with Gasteiger partial charge in [0.15, 0.2) is 5.82 Å². The van der Waals surface area contributed by atoms with E-state index in [1.165, 1.54) is 5.56 Å². The Bertz CT molecular complexity index is 660. The lowest BCUT2D eigenvalue weighted by atomic mass is 10.0. The molecule has 5 nitrogen and oxygen atoms in total. The van der Waals surface area contributed by atoms with Gasteiger partial charge in [-0.15, -0.1) is 0 Å². The molecule has 0 fully saturated rings. The number of hydrogen-bond donors (Lipinski definition) is 2. The first-order valence-electron chi connectivity index (χ1n) is 7.61. The van der Waals surface area contributed by atoms with Crippen LogP contribution >= 0.6 is 0 Å². The minimum absolute atomic E-state index is 0.00477. The van der Waals surface area contributed by atoms with E-state index in [1.807, 2.05) is 20.8 Å². The van der Waals surface area contributed by atoms with Gasteiger partial charge in [-0.2, -0.15) is 5.10 Å². The molecule has 0 bridgehead atoms. The number of aryl methyl sites for hydroxylation is 3. The molecular formula is C17H24N4O. The van der Waals surface area contributed by atoms with Crippen molar-refractivity contribution in [3.8, 4) is 0 Å². The molecule has 0 saturated carbocycles. The van der Waals surface area contributed by atoms with Crippen LogP contribution in [0.15, 0.2) is 18.2 Å². The summed E-state index contributed by atoms with van der Waals surface area (Å²) in [5, 5.41) is 10.1. The third-order valence-corrected chi connectivity index (χ3v) is 3.73. The number of rotatable bonds is 5. The highest BCUT2D eigenvalue weighted by Gasteiger charge is 2.22. The normalized spacial score (nSPS) is 12.5. The molecule has 1 aromatic carbocycles. The lowest BCUT2D eigenvalue weighted by molar-refractivity contribution is -0.121. The van der Waals surface area contributed by atoms with Gasteiger partial charge in [-0.05, 0) is 37.8 Å². The number of nitrogens with one attached hydrogen (secondary N) is 2. The van der Waals surface area contributed by atoms with Crippen LogP contribution in [-0.2, 0) is 11.2 Å². The molecule has 1 amide bonds. The monoisotopic (exact) mass is 300 g/mol. The van der Waals surface area contributed by atoms with E-state index in [4.69, 9.17) is 0 Å². The number of carbonyl (C=O) groups excluding carboxylic acids is 1. The third-order valence-electron chi connectivity index (χ3n) is 3.73. The minimum atomic E-state index is -0.178. The van der Waals surface area contributed by atoms with Crippen LogP contribution in [0.1, 0.15) is 48.2 Å². The van der Waals surface area contributed by atoms with Crippen molar-refractivity contribution in [1.82, 2.24) is 20.5 Å². The lowest BCUT2D eigenvalue weighted by Crippen LogP contribution is -2.33. The number of H-pyrrole nitrogens is 1. The average Bonchev–Trinajstić information content (AvgIpc) is 2.86. The van der Waals surface area contributed by atoms with Gasteiger partial charge in [0.1, 0.15) is 5.82 Å². The SMILES string of the molecule is Cc1ccc(C)c(CC(=O)N[C@@H](c2n[nH]c(C)n2)C(C)C)c1. The second-order valence-electron chi connectivity index (χ2n) is 6.17. The number of hydrogen-bond acceptors (Lipinski definition) is 3. The summed E-state index contributed by atoms with van der Waals surface area (Å²) in [6.45, 7) is 10.0. The summed E-state index contributed by atoms with van der Waals surface area (Å²) in [6, 6.07) is 6.00. The Labute approximate surface area is 131 Å². The maximum absolute atomic E-state index is 12.4. The minimum Gasteiger partial charge on any atom is -0.345 e. The van der Waals surface area contributed by atoms with Crippen LogP contribution in [0, 0.1) is 26.7 Å². The fraction of sp³-hybridized carbons (Fsp3) is 0.471. The van der Waals surface area contributed by atoms with Crippen LogP contribution in [0.2, 0.25) is 0 Å². The van der Waals surface area contributed by atoms with Crippen LogP contribution in [0.25, 0.3) is 0 Å². The van der Waals surface area contributed by atoms with Crippen molar-refractivity contribution in [2.45, 2.75) is 47.1 Å². The van der Waals surface area contributed by atoms with E-state index in [1.54, 1.807) is 0 Å². The van der Waals surface area contributed by atoms with Crippen molar-refractivity contribution in [2.75, 3.05) is 0 Å². The predicted molar refractivity (Wildman–Crippen MR) is 86.5 cm³/mol. The summed E-state index contributed by atoms with van der Waals surface area (Å²) in [7, 11) is 0. The molecular weight excluding hydrogens is 276 g/mol. The van der Waals surface area contributed by atoms with Crippen LogP contribution in [0.4, 0.5) is 0 Å². The van der Waals surface area contributed by atoms with E-state index in [0.29, 0.717) is 12.2 Å². The summed E-state index contributed by atoms with van der Waals surface area (Å²) in [5.74, 6) is 1.61. The van der Waals surface area contributed by atoms with Gasteiger partial charge in [0.05, 0.1) is 12.5 Å². The number of carbonyl (C=O) groups is 1. The second-order valence-corrected chi connectivity index (χ2v) is 6.17. The Hall–Kier alpha value is -2.17. The van der Waals surface area contributed by atoms with E-state index in [-0.39, 0.29) is 17.9 Å². The van der Waals surface area contributed by atoms with Crippen molar-refractivity contribution < 1.29 is 4.79 Å². The average molecular weight is 300 g/mol. The molecule has 2 rings (SSSR count). The highest BCUT2D eigenvalue weighted by Crippen LogP contribution is 2.19. The number of aromatic amines is 1. The van der Waals surface area contributed by atoms with Crippen molar-refractivity contribution in [2.24, 2.45) is 5.92 Å². The molecule has 2 N–H and O–H groups in total. The Kier molecular flexibility index (Phi) is 4.96. The Morgan fingerprint density at radius 1 is 1.27 bits per heavy atom. The van der Waals surface area contributed by atoms with E-state index in [0.717, 1.165) is 17.0 Å². The smallest absolute Gasteiger partial charge is 0.225 e. The van der Waals surface area contributed by atoms with Crippen molar-refractivity contribution in [3.63, 3.8) is 0 Å². The first-order chi connectivity index (χ1) is 10.4. The Morgan fingerprint density at radius 3 is 2.59 bits per heavy atom. The highest BCUT2D eigenvalue weighted by atomic mass is 16.1. The quantitative estimate of drug-likeness (QED) is 0.892. The maximum atomic E-state index is 12.4. The van der Waals surface area contributed by atoms with Crippen LogP contribution in [-0.4, -0.2) is 21.1 Å². The molecule has 0 unspecified atom stereocenters. The van der Waals surface area contributed by atoms with Crippen molar-refractivity contribution in [3.05, 3.63) is 46.5 Å². The number of nitrogens with zero attached hydrogens (tertiary/aromatic N) is 2. The predicted octanol–water partition coefficient (Wildman–Crippen LogP) is 2.79. The molecule has 1 aromatic heterocycles. The Balaban J connectivity index is 2.10. The van der Waals surface area contributed by atoms with Crippen molar-refractivity contribution >= 4 is 5.91 Å². The van der Waals surface area contributed by atoms with Crippen LogP contribution < -0.4 is 5.32 Å². The topological polar surface area (TPSA) is 70.7 Å². The summed E-state index contributed by atoms with van der Waals surface area (Å²) in [4.78, 5) is 16.7. The van der Waals surface area contributed by atoms with E-state index in [2.05, 4.69) is 52.5 Å². The molecule has 0 saturated heterocycles. The van der Waals surface area contributed by atoms with Crippen LogP contribution in [0.5, 0.6) is 0 Å².